The average molecular weight is 1070 g/mol. The third kappa shape index (κ3) is 8.54. The van der Waals surface area contributed by atoms with Crippen LogP contribution in [0, 0.1) is 22.7 Å². The number of aromatic nitrogens is 8. The van der Waals surface area contributed by atoms with E-state index in [1.54, 1.807) is 12.1 Å². The van der Waals surface area contributed by atoms with Crippen LogP contribution in [0.2, 0.25) is 0 Å². The van der Waals surface area contributed by atoms with Crippen molar-refractivity contribution in [3.63, 3.8) is 0 Å². The highest BCUT2D eigenvalue weighted by Gasteiger charge is 2.36. The van der Waals surface area contributed by atoms with Gasteiger partial charge in [0, 0.05) is 60.5 Å². The van der Waals surface area contributed by atoms with Gasteiger partial charge in [0.2, 0.25) is 0 Å². The summed E-state index contributed by atoms with van der Waals surface area (Å²) in [5.41, 5.74) is 7.07. The van der Waals surface area contributed by atoms with Crippen molar-refractivity contribution in [1.82, 2.24) is 39.0 Å². The summed E-state index contributed by atoms with van der Waals surface area (Å²) < 4.78 is 50.8. The Hall–Kier alpha value is -11.4. The molecule has 0 aliphatic rings. The summed E-state index contributed by atoms with van der Waals surface area (Å²) in [5, 5.41) is 24.5. The zero-order valence-electron chi connectivity index (χ0n) is 43.1. The van der Waals surface area contributed by atoms with Gasteiger partial charge < -0.3 is 9.13 Å². The van der Waals surface area contributed by atoms with Crippen LogP contribution in [-0.2, 0) is 6.18 Å². The first kappa shape index (κ1) is 48.9. The lowest BCUT2D eigenvalue weighted by atomic mass is 9.93. The van der Waals surface area contributed by atoms with Crippen molar-refractivity contribution in [2.75, 3.05) is 0 Å². The fraction of sp³-hybridized carbons (Fsp3) is 0.0145. The Kier molecular flexibility index (Phi) is 11.8. The molecule has 0 unspecified atom stereocenters. The zero-order valence-corrected chi connectivity index (χ0v) is 43.1. The molecule has 0 saturated heterocycles. The van der Waals surface area contributed by atoms with Crippen LogP contribution in [0.1, 0.15) is 16.7 Å². The Labute approximate surface area is 466 Å². The lowest BCUT2D eigenvalue weighted by molar-refractivity contribution is -0.137. The number of benzene rings is 10. The summed E-state index contributed by atoms with van der Waals surface area (Å²) in [7, 11) is 0. The molecule has 0 radical (unpaired) electrons. The molecular weight excluding hydrogens is 1030 g/mol. The molecule has 4 heterocycles. The summed E-state index contributed by atoms with van der Waals surface area (Å²) in [6.45, 7) is 0. The number of halogens is 3. The van der Waals surface area contributed by atoms with Gasteiger partial charge in [0.1, 0.15) is 6.07 Å². The Morgan fingerprint density at radius 2 is 0.695 bits per heavy atom. The number of hydrogen-bond acceptors (Lipinski definition) is 8. The number of nitriles is 2. The van der Waals surface area contributed by atoms with E-state index in [4.69, 9.17) is 29.9 Å². The molecule has 14 rings (SSSR count). The predicted octanol–water partition coefficient (Wildman–Crippen LogP) is 16.7. The summed E-state index contributed by atoms with van der Waals surface area (Å²) >= 11 is 0. The Bertz CT molecular complexity index is 4810. The molecular formula is C69H39F3N10. The van der Waals surface area contributed by atoms with Crippen LogP contribution in [0.3, 0.4) is 0 Å². The number of alkyl halides is 3. The van der Waals surface area contributed by atoms with Gasteiger partial charge in [-0.3, -0.25) is 0 Å². The summed E-state index contributed by atoms with van der Waals surface area (Å²) in [5.74, 6) is 2.85. The summed E-state index contributed by atoms with van der Waals surface area (Å²) in [6, 6.07) is 77.1. The minimum absolute atomic E-state index is 0.150. The van der Waals surface area contributed by atoms with Gasteiger partial charge in [-0.2, -0.15) is 23.7 Å². The monoisotopic (exact) mass is 1060 g/mol. The maximum atomic E-state index is 15.7. The summed E-state index contributed by atoms with van der Waals surface area (Å²) in [4.78, 5) is 29.8. The largest absolute Gasteiger partial charge is 0.417 e. The fourth-order valence-electron chi connectivity index (χ4n) is 11.0. The second-order valence-electron chi connectivity index (χ2n) is 19.6. The van der Waals surface area contributed by atoms with E-state index in [1.807, 2.05) is 221 Å². The quantitative estimate of drug-likeness (QED) is 0.139. The molecule has 13 heteroatoms. The first-order valence-electron chi connectivity index (χ1n) is 26.2. The molecule has 4 aromatic heterocycles. The summed E-state index contributed by atoms with van der Waals surface area (Å²) in [6.07, 6.45) is -4.88. The first-order valence-corrected chi connectivity index (χ1v) is 26.2. The van der Waals surface area contributed by atoms with E-state index in [1.165, 1.54) is 12.1 Å². The van der Waals surface area contributed by atoms with Crippen molar-refractivity contribution in [2.24, 2.45) is 0 Å². The van der Waals surface area contributed by atoms with Crippen LogP contribution in [0.15, 0.2) is 237 Å². The van der Waals surface area contributed by atoms with E-state index in [0.29, 0.717) is 79.5 Å². The number of hydrogen-bond donors (Lipinski definition) is 0. The highest BCUT2D eigenvalue weighted by Crippen LogP contribution is 2.46. The van der Waals surface area contributed by atoms with Gasteiger partial charge in [-0.05, 0) is 78.4 Å². The van der Waals surface area contributed by atoms with Crippen LogP contribution in [0.25, 0.3) is 134 Å². The molecule has 386 valence electrons. The molecule has 0 spiro atoms. The van der Waals surface area contributed by atoms with Crippen molar-refractivity contribution in [3.05, 3.63) is 253 Å². The molecule has 0 aliphatic heterocycles. The maximum absolute atomic E-state index is 15.7. The van der Waals surface area contributed by atoms with Crippen LogP contribution in [0.4, 0.5) is 13.2 Å². The van der Waals surface area contributed by atoms with Crippen molar-refractivity contribution in [3.8, 4) is 103 Å². The van der Waals surface area contributed by atoms with E-state index < -0.39 is 11.7 Å². The van der Waals surface area contributed by atoms with Crippen LogP contribution in [-0.4, -0.2) is 39.0 Å². The third-order valence-electron chi connectivity index (χ3n) is 14.7. The second kappa shape index (κ2) is 19.8. The zero-order chi connectivity index (χ0) is 55.5. The van der Waals surface area contributed by atoms with Crippen LogP contribution in [0.5, 0.6) is 0 Å². The van der Waals surface area contributed by atoms with Gasteiger partial charge in [0.15, 0.2) is 34.9 Å². The van der Waals surface area contributed by atoms with Crippen LogP contribution >= 0.6 is 0 Å². The lowest BCUT2D eigenvalue weighted by Gasteiger charge is -2.21. The molecule has 0 amide bonds. The van der Waals surface area contributed by atoms with E-state index in [-0.39, 0.29) is 22.3 Å². The standard InChI is InChI=1S/C69H39F3N10/c70-69(71,72)56-35-42(40-73)29-32-50(56)55-39-61(81-57-27-15-13-25-51(57)53-36-47(30-33-59(53)81)67-77-63(43-17-5-1-6-18-43)75-64(78-67)44-19-7-2-8-20-44)49(41-74)38-62(55)82-58-28-16-14-26-52(58)54-37-48(31-34-60(54)82)68-79-65(45-21-9-3-10-22-45)76-66(80-68)46-23-11-4-12-24-46/h1-39H. The van der Waals surface area contributed by atoms with Crippen molar-refractivity contribution in [1.29, 1.82) is 10.5 Å². The fourth-order valence-corrected chi connectivity index (χ4v) is 11.0. The smallest absolute Gasteiger partial charge is 0.309 e. The van der Waals surface area contributed by atoms with Crippen molar-refractivity contribution < 1.29 is 13.2 Å². The molecule has 10 nitrogen and oxygen atoms in total. The second-order valence-corrected chi connectivity index (χ2v) is 19.6. The SMILES string of the molecule is N#Cc1ccc(-c2cc(-n3c4ccccc4c4cc(-c5nc(-c6ccccc6)nc(-c6ccccc6)n5)ccc43)c(C#N)cc2-n2c3ccccc3c3cc(-c4nc(-c5ccccc5)nc(-c5ccccc5)n4)ccc32)c(C(F)(F)F)c1. The maximum Gasteiger partial charge on any atom is 0.417 e. The van der Waals surface area contributed by atoms with E-state index in [9.17, 15) is 10.5 Å². The molecule has 0 fully saturated rings. The topological polar surface area (TPSA) is 135 Å². The highest BCUT2D eigenvalue weighted by molar-refractivity contribution is 6.12. The molecule has 0 atom stereocenters. The van der Waals surface area contributed by atoms with Crippen molar-refractivity contribution in [2.45, 2.75) is 6.18 Å². The average Bonchev–Trinajstić information content (AvgIpc) is 2.55. The molecule has 10 aromatic carbocycles. The van der Waals surface area contributed by atoms with Gasteiger partial charge in [-0.1, -0.05) is 164 Å². The van der Waals surface area contributed by atoms with Gasteiger partial charge in [-0.25, -0.2) is 29.9 Å². The molecule has 14 aromatic rings. The molecule has 0 N–H and O–H groups in total. The van der Waals surface area contributed by atoms with Crippen molar-refractivity contribution >= 4 is 43.6 Å². The molecule has 0 aliphatic carbocycles. The predicted molar refractivity (Wildman–Crippen MR) is 314 cm³/mol. The van der Waals surface area contributed by atoms with Gasteiger partial charge >= 0.3 is 6.18 Å². The van der Waals surface area contributed by atoms with Gasteiger partial charge in [0.05, 0.1) is 56.2 Å². The molecule has 0 saturated carbocycles. The first-order chi connectivity index (χ1) is 40.2. The lowest BCUT2D eigenvalue weighted by Crippen LogP contribution is -2.10. The highest BCUT2D eigenvalue weighted by atomic mass is 19.4. The minimum Gasteiger partial charge on any atom is -0.309 e. The number of rotatable bonds is 9. The van der Waals surface area contributed by atoms with E-state index in [2.05, 4.69) is 6.07 Å². The Morgan fingerprint density at radius 1 is 0.317 bits per heavy atom. The Morgan fingerprint density at radius 3 is 1.10 bits per heavy atom. The normalized spacial score (nSPS) is 11.6. The number of para-hydroxylation sites is 2. The molecule has 82 heavy (non-hydrogen) atoms. The number of nitrogens with zero attached hydrogens (tertiary/aromatic N) is 10. The minimum atomic E-state index is -4.88. The van der Waals surface area contributed by atoms with Gasteiger partial charge in [0.25, 0.3) is 0 Å². The van der Waals surface area contributed by atoms with E-state index >= 15 is 13.2 Å². The van der Waals surface area contributed by atoms with Crippen LogP contribution < -0.4 is 0 Å². The molecule has 0 bridgehead atoms. The van der Waals surface area contributed by atoms with Gasteiger partial charge in [-0.15, -0.1) is 0 Å². The van der Waals surface area contributed by atoms with E-state index in [0.717, 1.165) is 49.9 Å². The Balaban J connectivity index is 0.995. The third-order valence-corrected chi connectivity index (χ3v) is 14.7. The number of fused-ring (bicyclic) bond motifs is 6.